The molecule has 2 aliphatic heterocycles. The molecule has 2 heterocycles. The molecule has 2 aliphatic rings. The van der Waals surface area contributed by atoms with Gasteiger partial charge >= 0.3 is 0 Å². The highest BCUT2D eigenvalue weighted by atomic mass is 35.5. The van der Waals surface area contributed by atoms with Crippen LogP contribution in [0, 0.1) is 5.92 Å². The summed E-state index contributed by atoms with van der Waals surface area (Å²) in [5.74, 6) is 0.122. The van der Waals surface area contributed by atoms with E-state index in [1.807, 2.05) is 30.3 Å². The lowest BCUT2D eigenvalue weighted by Gasteiger charge is -2.33. The number of halogens is 1. The minimum atomic E-state index is -0.149. The summed E-state index contributed by atoms with van der Waals surface area (Å²) in [7, 11) is 0. The van der Waals surface area contributed by atoms with Crippen LogP contribution in [0.1, 0.15) is 31.2 Å². The highest BCUT2D eigenvalue weighted by Gasteiger charge is 2.26. The fraction of sp³-hybridized carbons (Fsp3) is 0.571. The molecule has 2 saturated heterocycles. The molecule has 2 unspecified atom stereocenters. The Morgan fingerprint density at radius 1 is 1.07 bits per heavy atom. The lowest BCUT2D eigenvalue weighted by molar-refractivity contribution is -0.134. The van der Waals surface area contributed by atoms with Gasteiger partial charge in [0.1, 0.15) is 0 Å². The zero-order valence-electron chi connectivity index (χ0n) is 16.7. The summed E-state index contributed by atoms with van der Waals surface area (Å²) in [6.07, 6.45) is 4.13. The third-order valence-electron chi connectivity index (χ3n) is 5.46. The van der Waals surface area contributed by atoms with Crippen LogP contribution in [0.3, 0.4) is 0 Å². The van der Waals surface area contributed by atoms with Crippen molar-refractivity contribution in [3.05, 3.63) is 35.9 Å². The summed E-state index contributed by atoms with van der Waals surface area (Å²) < 4.78 is 0. The van der Waals surface area contributed by atoms with Crippen LogP contribution in [0.5, 0.6) is 0 Å². The highest BCUT2D eigenvalue weighted by molar-refractivity contribution is 5.86. The molecule has 0 bridgehead atoms. The number of carbonyl (C=O) groups is 3. The van der Waals surface area contributed by atoms with E-state index in [0.717, 1.165) is 37.8 Å². The van der Waals surface area contributed by atoms with Crippen molar-refractivity contribution in [3.8, 4) is 0 Å². The lowest BCUT2D eigenvalue weighted by atomic mass is 9.97. The van der Waals surface area contributed by atoms with Crippen molar-refractivity contribution >= 4 is 30.1 Å². The van der Waals surface area contributed by atoms with Crippen molar-refractivity contribution in [2.45, 2.75) is 38.1 Å². The van der Waals surface area contributed by atoms with Gasteiger partial charge in [-0.15, -0.1) is 12.4 Å². The van der Waals surface area contributed by atoms with Crippen LogP contribution < -0.4 is 16.0 Å². The predicted octanol–water partition coefficient (Wildman–Crippen LogP) is 0.874. The van der Waals surface area contributed by atoms with Gasteiger partial charge in [-0.1, -0.05) is 30.3 Å². The van der Waals surface area contributed by atoms with Gasteiger partial charge in [-0.25, -0.2) is 0 Å². The van der Waals surface area contributed by atoms with Crippen molar-refractivity contribution < 1.29 is 14.4 Å². The van der Waals surface area contributed by atoms with E-state index in [2.05, 4.69) is 16.0 Å². The maximum atomic E-state index is 12.5. The molecule has 3 rings (SSSR count). The number of likely N-dealkylation sites (tertiary alicyclic amines) is 1. The molecule has 1 aromatic rings. The minimum absolute atomic E-state index is 0. The van der Waals surface area contributed by atoms with Gasteiger partial charge in [0.15, 0.2) is 0 Å². The molecule has 29 heavy (non-hydrogen) atoms. The van der Waals surface area contributed by atoms with Gasteiger partial charge < -0.3 is 20.9 Å². The van der Waals surface area contributed by atoms with Gasteiger partial charge in [0.2, 0.25) is 17.7 Å². The first-order valence-corrected chi connectivity index (χ1v) is 10.2. The van der Waals surface area contributed by atoms with Crippen LogP contribution in [0.2, 0.25) is 0 Å². The predicted molar refractivity (Wildman–Crippen MR) is 114 cm³/mol. The Balaban J connectivity index is 0.00000300. The zero-order chi connectivity index (χ0) is 19.8. The van der Waals surface area contributed by atoms with E-state index < -0.39 is 0 Å². The van der Waals surface area contributed by atoms with Gasteiger partial charge in [0, 0.05) is 19.6 Å². The summed E-state index contributed by atoms with van der Waals surface area (Å²) in [5, 5.41) is 8.94. The second-order valence-electron chi connectivity index (χ2n) is 7.68. The number of piperidine rings is 1. The van der Waals surface area contributed by atoms with Gasteiger partial charge in [0.05, 0.1) is 19.0 Å². The Hall–Kier alpha value is -2.12. The summed E-state index contributed by atoms with van der Waals surface area (Å²) >= 11 is 0. The largest absolute Gasteiger partial charge is 0.354 e. The fourth-order valence-electron chi connectivity index (χ4n) is 3.86. The van der Waals surface area contributed by atoms with Crippen LogP contribution in [0.4, 0.5) is 0 Å². The number of nitrogens with one attached hydrogen (secondary N) is 3. The molecular formula is C21H31ClN4O3. The molecule has 160 valence electrons. The highest BCUT2D eigenvalue weighted by Crippen LogP contribution is 2.16. The topological polar surface area (TPSA) is 90.5 Å². The Morgan fingerprint density at radius 2 is 1.86 bits per heavy atom. The summed E-state index contributed by atoms with van der Waals surface area (Å²) in [5.41, 5.74) is 0.929. The van der Waals surface area contributed by atoms with Crippen LogP contribution >= 0.6 is 12.4 Å². The van der Waals surface area contributed by atoms with Gasteiger partial charge in [-0.05, 0) is 43.7 Å². The van der Waals surface area contributed by atoms with Crippen LogP contribution in [0.25, 0.3) is 0 Å². The molecule has 0 radical (unpaired) electrons. The first kappa shape index (κ1) is 23.2. The van der Waals surface area contributed by atoms with E-state index in [-0.39, 0.29) is 55.1 Å². The summed E-state index contributed by atoms with van der Waals surface area (Å²) in [6, 6.07) is 9.41. The minimum Gasteiger partial charge on any atom is -0.354 e. The van der Waals surface area contributed by atoms with Gasteiger partial charge in [0.25, 0.3) is 0 Å². The van der Waals surface area contributed by atoms with E-state index in [0.29, 0.717) is 19.6 Å². The standard InChI is InChI=1S/C21H30N4O3.ClH/c26-19(12-16-6-2-1-3-7-16)23-14-20(27)25-11-5-8-17(15-25)13-24-21(28)18-9-4-10-22-18;/h1-3,6-7,17-18,22H,4-5,8-15H2,(H,23,26)(H,24,28);1H. The van der Waals surface area contributed by atoms with Crippen LogP contribution in [-0.4, -0.2) is 61.4 Å². The molecule has 7 nitrogen and oxygen atoms in total. The maximum absolute atomic E-state index is 12.5. The van der Waals surface area contributed by atoms with Crippen molar-refractivity contribution in [3.63, 3.8) is 0 Å². The van der Waals surface area contributed by atoms with Crippen LogP contribution in [-0.2, 0) is 20.8 Å². The Kier molecular flexibility index (Phi) is 9.41. The monoisotopic (exact) mass is 422 g/mol. The van der Waals surface area contributed by atoms with Gasteiger partial charge in [-0.2, -0.15) is 0 Å². The first-order valence-electron chi connectivity index (χ1n) is 10.2. The zero-order valence-corrected chi connectivity index (χ0v) is 17.5. The third kappa shape index (κ3) is 7.33. The molecule has 0 spiro atoms. The summed E-state index contributed by atoms with van der Waals surface area (Å²) in [4.78, 5) is 38.4. The summed E-state index contributed by atoms with van der Waals surface area (Å²) in [6.45, 7) is 2.87. The Morgan fingerprint density at radius 3 is 2.59 bits per heavy atom. The van der Waals surface area contributed by atoms with E-state index >= 15 is 0 Å². The number of benzene rings is 1. The number of carbonyl (C=O) groups excluding carboxylic acids is 3. The van der Waals surface area contributed by atoms with E-state index in [4.69, 9.17) is 0 Å². The molecule has 2 atom stereocenters. The maximum Gasteiger partial charge on any atom is 0.241 e. The number of amides is 3. The van der Waals surface area contributed by atoms with Crippen molar-refractivity contribution in [1.82, 2.24) is 20.9 Å². The van der Waals surface area contributed by atoms with E-state index in [1.165, 1.54) is 0 Å². The SMILES string of the molecule is Cl.O=C(Cc1ccccc1)NCC(=O)N1CCCC(CNC(=O)C2CCCN2)C1. The fourth-order valence-corrected chi connectivity index (χ4v) is 3.86. The molecule has 8 heteroatoms. The smallest absolute Gasteiger partial charge is 0.241 e. The average molecular weight is 423 g/mol. The number of nitrogens with zero attached hydrogens (tertiary/aromatic N) is 1. The molecule has 0 aromatic heterocycles. The average Bonchev–Trinajstić information content (AvgIpc) is 3.26. The van der Waals surface area contributed by atoms with Gasteiger partial charge in [-0.3, -0.25) is 14.4 Å². The Labute approximate surface area is 178 Å². The van der Waals surface area contributed by atoms with Crippen LogP contribution in [0.15, 0.2) is 30.3 Å². The van der Waals surface area contributed by atoms with Crippen molar-refractivity contribution in [2.24, 2.45) is 5.92 Å². The molecule has 3 amide bonds. The quantitative estimate of drug-likeness (QED) is 0.608. The first-order chi connectivity index (χ1) is 13.6. The van der Waals surface area contributed by atoms with E-state index in [1.54, 1.807) is 4.90 Å². The molecular weight excluding hydrogens is 392 g/mol. The van der Waals surface area contributed by atoms with E-state index in [9.17, 15) is 14.4 Å². The molecule has 2 fully saturated rings. The second kappa shape index (κ2) is 11.8. The molecule has 0 saturated carbocycles. The molecule has 3 N–H and O–H groups in total. The van der Waals surface area contributed by atoms with Crippen molar-refractivity contribution in [1.29, 1.82) is 0 Å². The second-order valence-corrected chi connectivity index (χ2v) is 7.68. The number of hydrogen-bond acceptors (Lipinski definition) is 4. The molecule has 1 aromatic carbocycles. The number of hydrogen-bond donors (Lipinski definition) is 3. The third-order valence-corrected chi connectivity index (χ3v) is 5.46. The number of rotatable bonds is 7. The lowest BCUT2D eigenvalue weighted by Crippen LogP contribution is -2.48. The molecule has 0 aliphatic carbocycles. The Bertz CT molecular complexity index is 680. The normalized spacial score (nSPS) is 21.2. The van der Waals surface area contributed by atoms with Crippen molar-refractivity contribution in [2.75, 3.05) is 32.7 Å².